The molecule has 1 fully saturated rings. The van der Waals surface area contributed by atoms with Crippen LogP contribution in [0.2, 0.25) is 0 Å². The Morgan fingerprint density at radius 2 is 2.14 bits per heavy atom. The van der Waals surface area contributed by atoms with Crippen LogP contribution >= 0.6 is 0 Å². The van der Waals surface area contributed by atoms with Crippen molar-refractivity contribution < 1.29 is 9.53 Å². The number of carbonyl (C=O) groups excluding carboxylic acids is 1. The summed E-state index contributed by atoms with van der Waals surface area (Å²) in [5.41, 5.74) is 0.965. The molecule has 1 saturated heterocycles. The first-order chi connectivity index (χ1) is 6.86. The van der Waals surface area contributed by atoms with Gasteiger partial charge in [-0.2, -0.15) is 10.1 Å². The van der Waals surface area contributed by atoms with Gasteiger partial charge in [0.1, 0.15) is 6.61 Å². The third kappa shape index (κ3) is 1.90. The number of hydrogen-bond acceptors (Lipinski definition) is 3. The first kappa shape index (κ1) is 8.74. The van der Waals surface area contributed by atoms with Gasteiger partial charge in [0.05, 0.1) is 12.8 Å². The number of ether oxygens (including phenoxy) is 1. The van der Waals surface area contributed by atoms with E-state index in [-0.39, 0.29) is 6.09 Å². The summed E-state index contributed by atoms with van der Waals surface area (Å²) in [5, 5.41) is 5.32. The Morgan fingerprint density at radius 1 is 1.36 bits per heavy atom. The molecule has 0 aromatic heterocycles. The van der Waals surface area contributed by atoms with Gasteiger partial charge in [-0.05, 0) is 5.56 Å². The normalized spacial score (nSPS) is 16.3. The standard InChI is InChI=1S/C10H10N2O2/c13-10-12(6-7-14-10)11-8-9-4-2-1-3-5-9/h1-5,8H,6-7H2/b11-8-. The molecule has 0 spiro atoms. The van der Waals surface area contributed by atoms with E-state index in [0.717, 1.165) is 5.56 Å². The van der Waals surface area contributed by atoms with Crippen molar-refractivity contribution in [2.24, 2.45) is 5.10 Å². The van der Waals surface area contributed by atoms with Gasteiger partial charge in [0.15, 0.2) is 0 Å². The van der Waals surface area contributed by atoms with Gasteiger partial charge in [-0.3, -0.25) is 0 Å². The Kier molecular flexibility index (Phi) is 2.44. The Morgan fingerprint density at radius 3 is 2.79 bits per heavy atom. The van der Waals surface area contributed by atoms with Crippen molar-refractivity contribution in [3.63, 3.8) is 0 Å². The minimum atomic E-state index is -0.378. The highest BCUT2D eigenvalue weighted by Gasteiger charge is 2.20. The maximum absolute atomic E-state index is 11.0. The lowest BCUT2D eigenvalue weighted by Gasteiger charge is -2.02. The van der Waals surface area contributed by atoms with Gasteiger partial charge in [0.2, 0.25) is 0 Å². The van der Waals surface area contributed by atoms with Gasteiger partial charge in [-0.15, -0.1) is 0 Å². The van der Waals surface area contributed by atoms with Gasteiger partial charge < -0.3 is 4.74 Å². The maximum Gasteiger partial charge on any atom is 0.430 e. The van der Waals surface area contributed by atoms with Crippen LogP contribution in [0.15, 0.2) is 35.4 Å². The van der Waals surface area contributed by atoms with E-state index in [1.807, 2.05) is 30.3 Å². The molecule has 4 nitrogen and oxygen atoms in total. The summed E-state index contributed by atoms with van der Waals surface area (Å²) >= 11 is 0. The zero-order valence-electron chi connectivity index (χ0n) is 7.59. The molecule has 14 heavy (non-hydrogen) atoms. The van der Waals surface area contributed by atoms with E-state index in [4.69, 9.17) is 4.74 Å². The van der Waals surface area contributed by atoms with Crippen LogP contribution in [0.1, 0.15) is 5.56 Å². The molecule has 0 aliphatic carbocycles. The number of hydrogen-bond donors (Lipinski definition) is 0. The summed E-state index contributed by atoms with van der Waals surface area (Å²) in [7, 11) is 0. The molecule has 0 radical (unpaired) electrons. The molecule has 0 unspecified atom stereocenters. The molecule has 0 atom stereocenters. The fourth-order valence-corrected chi connectivity index (χ4v) is 1.17. The molecule has 4 heteroatoms. The van der Waals surface area contributed by atoms with E-state index >= 15 is 0 Å². The first-order valence-electron chi connectivity index (χ1n) is 4.39. The lowest BCUT2D eigenvalue weighted by Crippen LogP contribution is -2.17. The van der Waals surface area contributed by atoms with Gasteiger partial charge in [-0.25, -0.2) is 4.79 Å². The number of carbonyl (C=O) groups is 1. The molecule has 0 saturated carbocycles. The minimum absolute atomic E-state index is 0.378. The molecular weight excluding hydrogens is 180 g/mol. The first-order valence-corrected chi connectivity index (χ1v) is 4.39. The predicted octanol–water partition coefficient (Wildman–Crippen LogP) is 1.47. The lowest BCUT2D eigenvalue weighted by molar-refractivity contribution is 0.159. The van der Waals surface area contributed by atoms with Crippen LogP contribution < -0.4 is 0 Å². The molecule has 0 N–H and O–H groups in total. The lowest BCUT2D eigenvalue weighted by atomic mass is 10.2. The maximum atomic E-state index is 11.0. The topological polar surface area (TPSA) is 41.9 Å². The fraction of sp³-hybridized carbons (Fsp3) is 0.200. The van der Waals surface area contributed by atoms with Gasteiger partial charge in [0.25, 0.3) is 0 Å². The Hall–Kier alpha value is -1.84. The van der Waals surface area contributed by atoms with Crippen LogP contribution in [-0.4, -0.2) is 30.5 Å². The van der Waals surface area contributed by atoms with Crippen molar-refractivity contribution in [2.45, 2.75) is 0 Å². The molecule has 1 heterocycles. The van der Waals surface area contributed by atoms with Crippen molar-refractivity contribution in [3.8, 4) is 0 Å². The summed E-state index contributed by atoms with van der Waals surface area (Å²) in [5.74, 6) is 0. The summed E-state index contributed by atoms with van der Waals surface area (Å²) < 4.78 is 4.73. The number of amides is 1. The fourth-order valence-electron chi connectivity index (χ4n) is 1.17. The van der Waals surface area contributed by atoms with E-state index in [1.54, 1.807) is 6.21 Å². The molecule has 1 aromatic rings. The van der Waals surface area contributed by atoms with E-state index in [2.05, 4.69) is 5.10 Å². The Bertz CT molecular complexity index is 348. The largest absolute Gasteiger partial charge is 0.446 e. The van der Waals surface area contributed by atoms with Crippen LogP contribution in [-0.2, 0) is 4.74 Å². The van der Waals surface area contributed by atoms with Crippen LogP contribution in [0.4, 0.5) is 4.79 Å². The molecule has 1 amide bonds. The zero-order valence-corrected chi connectivity index (χ0v) is 7.59. The van der Waals surface area contributed by atoms with E-state index in [9.17, 15) is 4.79 Å². The number of nitrogens with zero attached hydrogens (tertiary/aromatic N) is 2. The number of cyclic esters (lactones) is 1. The van der Waals surface area contributed by atoms with Crippen molar-refractivity contribution in [1.82, 2.24) is 5.01 Å². The van der Waals surface area contributed by atoms with Crippen molar-refractivity contribution in [2.75, 3.05) is 13.2 Å². The van der Waals surface area contributed by atoms with Gasteiger partial charge in [0, 0.05) is 0 Å². The second-order valence-electron chi connectivity index (χ2n) is 2.89. The zero-order chi connectivity index (χ0) is 9.80. The minimum Gasteiger partial charge on any atom is -0.446 e. The molecule has 1 aliphatic heterocycles. The number of benzene rings is 1. The molecule has 72 valence electrons. The SMILES string of the molecule is O=C1OCCN1/N=C\c1ccccc1. The highest BCUT2D eigenvalue weighted by molar-refractivity contribution is 5.80. The molecule has 0 bridgehead atoms. The second kappa shape index (κ2) is 3.91. The van der Waals surface area contributed by atoms with Crippen molar-refractivity contribution in [1.29, 1.82) is 0 Å². The van der Waals surface area contributed by atoms with Gasteiger partial charge in [-0.1, -0.05) is 30.3 Å². The quantitative estimate of drug-likeness (QED) is 0.663. The number of rotatable bonds is 2. The highest BCUT2D eigenvalue weighted by atomic mass is 16.6. The third-order valence-electron chi connectivity index (χ3n) is 1.89. The average Bonchev–Trinajstić information content (AvgIpc) is 2.63. The van der Waals surface area contributed by atoms with Crippen molar-refractivity contribution >= 4 is 12.3 Å². The summed E-state index contributed by atoms with van der Waals surface area (Å²) in [6.07, 6.45) is 1.27. The van der Waals surface area contributed by atoms with Gasteiger partial charge >= 0.3 is 6.09 Å². The Labute approximate surface area is 81.8 Å². The van der Waals surface area contributed by atoms with Crippen molar-refractivity contribution in [3.05, 3.63) is 35.9 Å². The van der Waals surface area contributed by atoms with E-state index in [1.165, 1.54) is 5.01 Å². The van der Waals surface area contributed by atoms with Crippen LogP contribution in [0.25, 0.3) is 0 Å². The summed E-state index contributed by atoms with van der Waals surface area (Å²) in [4.78, 5) is 11.0. The monoisotopic (exact) mass is 190 g/mol. The molecule has 1 aromatic carbocycles. The Balaban J connectivity index is 2.03. The molecular formula is C10H10N2O2. The van der Waals surface area contributed by atoms with Crippen LogP contribution in [0, 0.1) is 0 Å². The van der Waals surface area contributed by atoms with Crippen LogP contribution in [0.5, 0.6) is 0 Å². The highest BCUT2D eigenvalue weighted by Crippen LogP contribution is 2.03. The molecule has 2 rings (SSSR count). The molecule has 1 aliphatic rings. The van der Waals surface area contributed by atoms with E-state index < -0.39 is 0 Å². The number of hydrazone groups is 1. The summed E-state index contributed by atoms with van der Waals surface area (Å²) in [6, 6.07) is 9.62. The van der Waals surface area contributed by atoms with E-state index in [0.29, 0.717) is 13.2 Å². The second-order valence-corrected chi connectivity index (χ2v) is 2.89. The summed E-state index contributed by atoms with van der Waals surface area (Å²) in [6.45, 7) is 0.952. The smallest absolute Gasteiger partial charge is 0.430 e. The third-order valence-corrected chi connectivity index (χ3v) is 1.89. The van der Waals surface area contributed by atoms with Crippen LogP contribution in [0.3, 0.4) is 0 Å². The predicted molar refractivity (Wildman–Crippen MR) is 52.1 cm³/mol. The average molecular weight is 190 g/mol.